The first-order chi connectivity index (χ1) is 20.8. The molecule has 0 aliphatic carbocycles. The van der Waals surface area contributed by atoms with Crippen molar-refractivity contribution in [3.8, 4) is 0 Å². The average Bonchev–Trinajstić information content (AvgIpc) is 3.34. The van der Waals surface area contributed by atoms with Gasteiger partial charge in [-0.1, -0.05) is 13.0 Å². The topological polar surface area (TPSA) is 152 Å². The number of amides is 2. The van der Waals surface area contributed by atoms with E-state index in [-0.39, 0.29) is 37.3 Å². The highest BCUT2D eigenvalue weighted by molar-refractivity contribution is 6.07. The summed E-state index contributed by atoms with van der Waals surface area (Å²) in [5.41, 5.74) is 3.28. The summed E-state index contributed by atoms with van der Waals surface area (Å²) in [6.07, 6.45) is 1.69. The Bertz CT molecular complexity index is 1590. The maximum absolute atomic E-state index is 13.6. The monoisotopic (exact) mass is 585 g/mol. The Kier molecular flexibility index (Phi) is 10.4. The lowest BCUT2D eigenvalue weighted by Gasteiger charge is -2.21. The number of aryl methyl sites for hydroxylation is 1. The number of ether oxygens (including phenoxy) is 2. The summed E-state index contributed by atoms with van der Waals surface area (Å²) < 4.78 is 11.9. The maximum Gasteiger partial charge on any atom is 0.412 e. The molecule has 4 rings (SSSR count). The number of hydrogen-bond acceptors (Lipinski definition) is 9. The molecule has 0 spiro atoms. The molecule has 0 radical (unpaired) electrons. The molecule has 43 heavy (non-hydrogen) atoms. The van der Waals surface area contributed by atoms with Gasteiger partial charge in [0.2, 0.25) is 0 Å². The number of nitrogens with one attached hydrogen (secondary N) is 3. The van der Waals surface area contributed by atoms with Crippen molar-refractivity contribution in [1.29, 1.82) is 5.41 Å². The van der Waals surface area contributed by atoms with Crippen LogP contribution in [-0.2, 0) is 27.9 Å². The first-order valence-corrected chi connectivity index (χ1v) is 14.0. The van der Waals surface area contributed by atoms with Gasteiger partial charge in [0.25, 0.3) is 5.91 Å². The van der Waals surface area contributed by atoms with Gasteiger partial charge in [-0.25, -0.2) is 14.8 Å². The molecule has 0 saturated heterocycles. The zero-order chi connectivity index (χ0) is 30.8. The fraction of sp³-hybridized carbons (Fsp3) is 0.290. The van der Waals surface area contributed by atoms with Gasteiger partial charge in [-0.05, 0) is 67.9 Å². The van der Waals surface area contributed by atoms with Crippen molar-refractivity contribution in [3.63, 3.8) is 0 Å². The third-order valence-electron chi connectivity index (χ3n) is 6.52. The first kappa shape index (κ1) is 30.7. The van der Waals surface area contributed by atoms with Gasteiger partial charge in [0.1, 0.15) is 17.5 Å². The van der Waals surface area contributed by atoms with Gasteiger partial charge in [-0.2, -0.15) is 0 Å². The predicted octanol–water partition coefficient (Wildman–Crippen LogP) is 4.64. The van der Waals surface area contributed by atoms with Crippen LogP contribution in [0.25, 0.3) is 11.0 Å². The van der Waals surface area contributed by atoms with E-state index in [4.69, 9.17) is 19.9 Å². The van der Waals surface area contributed by atoms with Gasteiger partial charge in [0.15, 0.2) is 0 Å². The number of rotatable bonds is 12. The van der Waals surface area contributed by atoms with Crippen molar-refractivity contribution in [3.05, 3.63) is 83.8 Å². The molecular weight excluding hydrogens is 550 g/mol. The van der Waals surface area contributed by atoms with E-state index in [0.29, 0.717) is 42.0 Å². The van der Waals surface area contributed by atoms with Crippen molar-refractivity contribution in [1.82, 2.24) is 19.9 Å². The summed E-state index contributed by atoms with van der Waals surface area (Å²) in [6.45, 7) is 4.74. The third kappa shape index (κ3) is 7.94. The molecule has 0 unspecified atom stereocenters. The second-order valence-corrected chi connectivity index (χ2v) is 9.56. The molecule has 0 fully saturated rings. The number of aromatic nitrogens is 3. The molecule has 2 amide bonds. The largest absolute Gasteiger partial charge is 0.466 e. The number of pyridine rings is 1. The summed E-state index contributed by atoms with van der Waals surface area (Å²) >= 11 is 0. The second-order valence-electron chi connectivity index (χ2n) is 9.56. The molecule has 12 nitrogen and oxygen atoms in total. The summed E-state index contributed by atoms with van der Waals surface area (Å²) in [6, 6.07) is 17.7. The maximum atomic E-state index is 13.6. The Hall–Kier alpha value is -5.26. The van der Waals surface area contributed by atoms with Crippen molar-refractivity contribution in [2.24, 2.45) is 7.05 Å². The molecule has 2 heterocycles. The minimum Gasteiger partial charge on any atom is -0.466 e. The zero-order valence-electron chi connectivity index (χ0n) is 24.4. The fourth-order valence-electron chi connectivity index (χ4n) is 4.31. The van der Waals surface area contributed by atoms with E-state index >= 15 is 0 Å². The van der Waals surface area contributed by atoms with Crippen LogP contribution in [0.2, 0.25) is 0 Å². The molecule has 0 aliphatic heterocycles. The molecule has 2 aromatic carbocycles. The van der Waals surface area contributed by atoms with Crippen LogP contribution in [0, 0.1) is 5.41 Å². The van der Waals surface area contributed by atoms with Gasteiger partial charge in [0.05, 0.1) is 37.2 Å². The Labute approximate surface area is 249 Å². The lowest BCUT2D eigenvalue weighted by atomic mass is 10.1. The first-order valence-electron chi connectivity index (χ1n) is 14.0. The van der Waals surface area contributed by atoms with E-state index in [2.05, 4.69) is 15.6 Å². The van der Waals surface area contributed by atoms with E-state index in [1.807, 2.05) is 36.7 Å². The van der Waals surface area contributed by atoms with Crippen LogP contribution in [0.15, 0.2) is 66.9 Å². The second kappa shape index (κ2) is 14.6. The highest BCUT2D eigenvalue weighted by atomic mass is 16.5. The lowest BCUT2D eigenvalue weighted by Crippen LogP contribution is -2.34. The molecule has 224 valence electrons. The normalized spacial score (nSPS) is 10.7. The van der Waals surface area contributed by atoms with E-state index in [0.717, 1.165) is 17.0 Å². The van der Waals surface area contributed by atoms with E-state index in [1.54, 1.807) is 55.6 Å². The van der Waals surface area contributed by atoms with E-state index in [1.165, 1.54) is 4.90 Å². The Morgan fingerprint density at radius 1 is 1.00 bits per heavy atom. The van der Waals surface area contributed by atoms with Crippen molar-refractivity contribution in [2.45, 2.75) is 33.2 Å². The van der Waals surface area contributed by atoms with E-state index in [9.17, 15) is 14.4 Å². The molecule has 4 aromatic rings. The molecule has 2 aromatic heterocycles. The number of carbonyl (C=O) groups excluding carboxylic acids is 3. The van der Waals surface area contributed by atoms with Crippen LogP contribution in [0.4, 0.5) is 16.3 Å². The highest BCUT2D eigenvalue weighted by Crippen LogP contribution is 2.21. The predicted molar refractivity (Wildman–Crippen MR) is 163 cm³/mol. The Morgan fingerprint density at radius 3 is 2.47 bits per heavy atom. The van der Waals surface area contributed by atoms with Crippen molar-refractivity contribution < 1.29 is 23.9 Å². The number of fused-ring (bicyclic) bond motifs is 1. The van der Waals surface area contributed by atoms with Crippen molar-refractivity contribution in [2.75, 3.05) is 30.0 Å². The molecule has 0 bridgehead atoms. The zero-order valence-corrected chi connectivity index (χ0v) is 24.4. The van der Waals surface area contributed by atoms with Gasteiger partial charge < -0.3 is 19.4 Å². The molecule has 12 heteroatoms. The number of amidine groups is 1. The summed E-state index contributed by atoms with van der Waals surface area (Å²) in [7, 11) is 1.90. The smallest absolute Gasteiger partial charge is 0.412 e. The number of carbonyl (C=O) groups is 3. The number of esters is 1. The van der Waals surface area contributed by atoms with E-state index < -0.39 is 6.09 Å². The van der Waals surface area contributed by atoms with Crippen LogP contribution in [0.5, 0.6) is 0 Å². The Balaban J connectivity index is 1.45. The summed E-state index contributed by atoms with van der Waals surface area (Å²) in [5, 5.41) is 13.8. The number of imidazole rings is 1. The summed E-state index contributed by atoms with van der Waals surface area (Å²) in [4.78, 5) is 47.8. The number of alkyl carbamates (subject to hydrolysis) is 1. The average molecular weight is 586 g/mol. The number of nitrogens with zero attached hydrogens (tertiary/aromatic N) is 4. The Morgan fingerprint density at radius 2 is 1.77 bits per heavy atom. The fourth-order valence-corrected chi connectivity index (χ4v) is 4.31. The van der Waals surface area contributed by atoms with Crippen LogP contribution in [0.1, 0.15) is 48.4 Å². The van der Waals surface area contributed by atoms with Crippen LogP contribution in [0.3, 0.4) is 0 Å². The third-order valence-corrected chi connectivity index (χ3v) is 6.52. The lowest BCUT2D eigenvalue weighted by molar-refractivity contribution is -0.142. The van der Waals surface area contributed by atoms with Crippen LogP contribution >= 0.6 is 0 Å². The molecule has 3 N–H and O–H groups in total. The van der Waals surface area contributed by atoms with Gasteiger partial charge in [-0.3, -0.25) is 25.2 Å². The molecule has 0 aliphatic rings. The minimum absolute atomic E-state index is 0.0436. The van der Waals surface area contributed by atoms with Gasteiger partial charge in [-0.15, -0.1) is 0 Å². The van der Waals surface area contributed by atoms with Crippen LogP contribution in [-0.4, -0.2) is 58.1 Å². The molecular formula is C31H35N7O5. The number of anilines is 2. The molecule has 0 atom stereocenters. The van der Waals surface area contributed by atoms with Crippen molar-refractivity contribution >= 4 is 46.3 Å². The quantitative estimate of drug-likeness (QED) is 0.124. The van der Waals surface area contributed by atoms with Gasteiger partial charge >= 0.3 is 12.1 Å². The highest BCUT2D eigenvalue weighted by Gasteiger charge is 2.21. The standard InChI is InChI=1S/C31H35N7O5/c1-4-18-43-31(41)36-29(32)21-9-12-23(13-10-21)34-20-27-35-24-19-22(11-14-25(24)37(27)3)30(40)38(17-15-28(39)42-5-2)26-8-6-7-16-33-26/h6-14,16,19,34H,4-5,15,17-18,20H2,1-3H3,(H2,32,36,41). The number of benzene rings is 2. The van der Waals surface area contributed by atoms with Crippen LogP contribution < -0.4 is 15.5 Å². The van der Waals surface area contributed by atoms with Gasteiger partial charge in [0, 0.05) is 36.6 Å². The number of hydrogen-bond donors (Lipinski definition) is 3. The summed E-state index contributed by atoms with van der Waals surface area (Å²) in [5.74, 6) is 0.465. The molecule has 0 saturated carbocycles. The minimum atomic E-state index is -0.651. The SMILES string of the molecule is CCCOC(=O)NC(=N)c1ccc(NCc2nc3cc(C(=O)N(CCC(=O)OCC)c4ccccn4)ccc3n2C)cc1.